The van der Waals surface area contributed by atoms with E-state index in [0.29, 0.717) is 17.7 Å². The first-order valence-corrected chi connectivity index (χ1v) is 9.10. The van der Waals surface area contributed by atoms with Crippen LogP contribution in [0.3, 0.4) is 0 Å². The molecule has 0 aliphatic carbocycles. The number of aryl methyl sites for hydroxylation is 1. The molecule has 3 aromatic rings. The largest absolute Gasteiger partial charge is 0.504 e. The Labute approximate surface area is 164 Å². The second-order valence-corrected chi connectivity index (χ2v) is 6.83. The molecule has 0 unspecified atom stereocenters. The lowest BCUT2D eigenvalue weighted by Crippen LogP contribution is -2.42. The van der Waals surface area contributed by atoms with E-state index in [1.807, 2.05) is 48.9 Å². The third kappa shape index (κ3) is 3.92. The standard InChI is InChI=1S/C22H24N2O4/c1-14-18(10-16-11-20(26)21(28-3)12-19(16)24(14)2)22(27)23-17(13-25)9-15-7-5-4-6-8-15/h4-8,10-12,17,25H,9,13H2,1-3H3,(H-,23,26,27)/p+1/t17-/m0/s1. The number of hydrogen-bond donors (Lipinski definition) is 3. The van der Waals surface area contributed by atoms with Gasteiger partial charge in [-0.3, -0.25) is 4.79 Å². The Balaban J connectivity index is 1.91. The summed E-state index contributed by atoms with van der Waals surface area (Å²) >= 11 is 0. The van der Waals surface area contributed by atoms with E-state index in [4.69, 9.17) is 4.74 Å². The summed E-state index contributed by atoms with van der Waals surface area (Å²) in [5.74, 6) is 0.130. The number of carbonyl (C=O) groups excluding carboxylic acids is 1. The normalized spacial score (nSPS) is 12.0. The Bertz CT molecular complexity index is 1000. The third-order valence-electron chi connectivity index (χ3n) is 5.01. The number of phenols is 1. The second kappa shape index (κ2) is 8.27. The van der Waals surface area contributed by atoms with E-state index in [9.17, 15) is 15.0 Å². The zero-order chi connectivity index (χ0) is 20.3. The monoisotopic (exact) mass is 381 g/mol. The number of methoxy groups -OCH3 is 1. The molecule has 1 aromatic heterocycles. The van der Waals surface area contributed by atoms with Crippen molar-refractivity contribution in [1.82, 2.24) is 5.32 Å². The number of hydrogen-bond acceptors (Lipinski definition) is 4. The Morgan fingerprint density at radius 3 is 2.57 bits per heavy atom. The van der Waals surface area contributed by atoms with Crippen molar-refractivity contribution in [2.45, 2.75) is 19.4 Å². The van der Waals surface area contributed by atoms with Gasteiger partial charge in [-0.25, -0.2) is 0 Å². The SMILES string of the molecule is COc1cc2c(cc1O)cc(C(=O)N[C@H](CO)Cc1ccccc1)c(C)[n+]2C. The van der Waals surface area contributed by atoms with Crippen LogP contribution >= 0.6 is 0 Å². The zero-order valence-electron chi connectivity index (χ0n) is 16.3. The van der Waals surface area contributed by atoms with Crippen LogP contribution in [0.25, 0.3) is 10.9 Å². The molecule has 28 heavy (non-hydrogen) atoms. The molecule has 0 aliphatic heterocycles. The molecule has 0 aliphatic rings. The summed E-state index contributed by atoms with van der Waals surface area (Å²) < 4.78 is 7.07. The zero-order valence-corrected chi connectivity index (χ0v) is 16.3. The van der Waals surface area contributed by atoms with E-state index < -0.39 is 0 Å². The van der Waals surface area contributed by atoms with Crippen LogP contribution in [-0.4, -0.2) is 35.9 Å². The van der Waals surface area contributed by atoms with Crippen LogP contribution in [-0.2, 0) is 13.5 Å². The number of amides is 1. The van der Waals surface area contributed by atoms with Gasteiger partial charge in [-0.05, 0) is 24.1 Å². The van der Waals surface area contributed by atoms with Crippen molar-refractivity contribution in [2.24, 2.45) is 7.05 Å². The van der Waals surface area contributed by atoms with E-state index in [2.05, 4.69) is 5.32 Å². The van der Waals surface area contributed by atoms with Crippen molar-refractivity contribution in [1.29, 1.82) is 0 Å². The number of phenolic OH excluding ortho intramolecular Hbond substituents is 1. The average Bonchev–Trinajstić information content (AvgIpc) is 2.70. The molecule has 1 heterocycles. The number of aromatic hydroxyl groups is 1. The lowest BCUT2D eigenvalue weighted by atomic mass is 10.0. The minimum Gasteiger partial charge on any atom is -0.504 e. The van der Waals surface area contributed by atoms with Crippen LogP contribution < -0.4 is 14.6 Å². The van der Waals surface area contributed by atoms with Gasteiger partial charge in [0.25, 0.3) is 5.91 Å². The highest BCUT2D eigenvalue weighted by atomic mass is 16.5. The molecule has 6 heteroatoms. The number of aromatic nitrogens is 1. The van der Waals surface area contributed by atoms with Gasteiger partial charge in [0.1, 0.15) is 12.6 Å². The van der Waals surface area contributed by atoms with Gasteiger partial charge in [0.05, 0.1) is 31.2 Å². The molecule has 0 bridgehead atoms. The maximum absolute atomic E-state index is 12.9. The number of rotatable bonds is 6. The molecular formula is C22H25N2O4+. The molecule has 2 aromatic carbocycles. The number of aliphatic hydroxyl groups excluding tert-OH is 1. The summed E-state index contributed by atoms with van der Waals surface area (Å²) in [7, 11) is 3.36. The Morgan fingerprint density at radius 1 is 1.21 bits per heavy atom. The highest BCUT2D eigenvalue weighted by molar-refractivity contribution is 5.98. The summed E-state index contributed by atoms with van der Waals surface area (Å²) in [6.45, 7) is 1.70. The van der Waals surface area contributed by atoms with E-state index in [-0.39, 0.29) is 24.3 Å². The summed E-state index contributed by atoms with van der Waals surface area (Å²) in [4.78, 5) is 12.9. The van der Waals surface area contributed by atoms with Crippen LogP contribution in [0, 0.1) is 6.92 Å². The van der Waals surface area contributed by atoms with Crippen LogP contribution in [0.2, 0.25) is 0 Å². The maximum Gasteiger partial charge on any atom is 0.257 e. The highest BCUT2D eigenvalue weighted by Gasteiger charge is 2.23. The van der Waals surface area contributed by atoms with Crippen LogP contribution in [0.1, 0.15) is 21.6 Å². The molecule has 6 nitrogen and oxygen atoms in total. The quantitative estimate of drug-likeness (QED) is 0.571. The fourth-order valence-corrected chi connectivity index (χ4v) is 3.32. The minimum absolute atomic E-state index is 0.0162. The van der Waals surface area contributed by atoms with E-state index in [0.717, 1.165) is 22.2 Å². The number of nitrogens with zero attached hydrogens (tertiary/aromatic N) is 1. The minimum atomic E-state index is -0.389. The first-order chi connectivity index (χ1) is 13.4. The molecule has 1 amide bonds. The van der Waals surface area contributed by atoms with Crippen molar-refractivity contribution >= 4 is 16.8 Å². The second-order valence-electron chi connectivity index (χ2n) is 6.83. The van der Waals surface area contributed by atoms with Gasteiger partial charge < -0.3 is 20.3 Å². The van der Waals surface area contributed by atoms with Crippen molar-refractivity contribution in [2.75, 3.05) is 13.7 Å². The van der Waals surface area contributed by atoms with Crippen molar-refractivity contribution < 1.29 is 24.3 Å². The Morgan fingerprint density at radius 2 is 1.93 bits per heavy atom. The van der Waals surface area contributed by atoms with Gasteiger partial charge in [-0.1, -0.05) is 30.3 Å². The number of nitrogens with one attached hydrogen (secondary N) is 1. The predicted molar refractivity (Wildman–Crippen MR) is 107 cm³/mol. The number of fused-ring (bicyclic) bond motifs is 1. The molecule has 0 fully saturated rings. The molecule has 146 valence electrons. The number of carbonyl (C=O) groups is 1. The summed E-state index contributed by atoms with van der Waals surface area (Å²) in [6, 6.07) is 14.4. The van der Waals surface area contributed by atoms with Gasteiger partial charge in [0, 0.05) is 6.92 Å². The number of benzene rings is 2. The smallest absolute Gasteiger partial charge is 0.257 e. The first kappa shape index (κ1) is 19.6. The summed E-state index contributed by atoms with van der Waals surface area (Å²) in [6.07, 6.45) is 0.541. The fourth-order valence-electron chi connectivity index (χ4n) is 3.32. The van der Waals surface area contributed by atoms with Crippen LogP contribution in [0.4, 0.5) is 0 Å². The van der Waals surface area contributed by atoms with Crippen molar-refractivity contribution in [3.8, 4) is 11.5 Å². The topological polar surface area (TPSA) is 82.7 Å². The van der Waals surface area contributed by atoms with Crippen LogP contribution in [0.5, 0.6) is 11.5 Å². The van der Waals surface area contributed by atoms with E-state index in [1.165, 1.54) is 7.11 Å². The summed E-state index contributed by atoms with van der Waals surface area (Å²) in [5.41, 5.74) is 3.14. The molecule has 0 saturated carbocycles. The lowest BCUT2D eigenvalue weighted by Gasteiger charge is -2.17. The van der Waals surface area contributed by atoms with E-state index >= 15 is 0 Å². The molecule has 1 atom stereocenters. The first-order valence-electron chi connectivity index (χ1n) is 9.10. The number of ether oxygens (including phenoxy) is 1. The van der Waals surface area contributed by atoms with Gasteiger partial charge in [-0.15, -0.1) is 0 Å². The fraction of sp³-hybridized carbons (Fsp3) is 0.273. The van der Waals surface area contributed by atoms with Crippen LogP contribution in [0.15, 0.2) is 48.5 Å². The number of pyridine rings is 1. The number of aliphatic hydroxyl groups is 1. The molecule has 0 saturated heterocycles. The predicted octanol–water partition coefficient (Wildman–Crippen LogP) is 2.02. The molecule has 0 radical (unpaired) electrons. The van der Waals surface area contributed by atoms with Gasteiger partial charge in [0.15, 0.2) is 17.2 Å². The molecule has 3 rings (SSSR count). The average molecular weight is 381 g/mol. The summed E-state index contributed by atoms with van der Waals surface area (Å²) in [5, 5.41) is 23.4. The highest BCUT2D eigenvalue weighted by Crippen LogP contribution is 2.30. The van der Waals surface area contributed by atoms with Crippen molar-refractivity contribution in [3.63, 3.8) is 0 Å². The lowest BCUT2D eigenvalue weighted by molar-refractivity contribution is -0.651. The molecule has 0 spiro atoms. The third-order valence-corrected chi connectivity index (χ3v) is 5.01. The van der Waals surface area contributed by atoms with Gasteiger partial charge >= 0.3 is 0 Å². The van der Waals surface area contributed by atoms with Gasteiger partial charge in [0.2, 0.25) is 5.52 Å². The molecular weight excluding hydrogens is 356 g/mol. The van der Waals surface area contributed by atoms with Crippen molar-refractivity contribution in [3.05, 3.63) is 65.4 Å². The van der Waals surface area contributed by atoms with Gasteiger partial charge in [-0.2, -0.15) is 4.57 Å². The van der Waals surface area contributed by atoms with E-state index in [1.54, 1.807) is 18.2 Å². The Kier molecular flexibility index (Phi) is 5.80. The maximum atomic E-state index is 12.9. The Hall–Kier alpha value is -3.12. The molecule has 3 N–H and O–H groups in total.